The molecule has 2 N–H and O–H groups in total. The molecule has 1 amide bonds. The SMILES string of the molecule is CCc1cc(C(=O)Nc2nc(C3CC3)cs2)cc(NC)n1. The zero-order valence-electron chi connectivity index (χ0n) is 12.1. The van der Waals surface area contributed by atoms with Crippen LogP contribution in [0.3, 0.4) is 0 Å². The molecule has 0 aromatic carbocycles. The van der Waals surface area contributed by atoms with Crippen molar-refractivity contribution < 1.29 is 4.79 Å². The Labute approximate surface area is 127 Å². The second-order valence-corrected chi connectivity index (χ2v) is 6.00. The highest BCUT2D eigenvalue weighted by Gasteiger charge is 2.26. The van der Waals surface area contributed by atoms with Crippen molar-refractivity contribution in [3.8, 4) is 0 Å². The fraction of sp³-hybridized carbons (Fsp3) is 0.400. The van der Waals surface area contributed by atoms with Gasteiger partial charge in [-0.3, -0.25) is 10.1 Å². The third-order valence-corrected chi connectivity index (χ3v) is 4.27. The molecule has 0 spiro atoms. The van der Waals surface area contributed by atoms with Crippen molar-refractivity contribution in [2.45, 2.75) is 32.1 Å². The lowest BCUT2D eigenvalue weighted by Crippen LogP contribution is -2.13. The van der Waals surface area contributed by atoms with E-state index < -0.39 is 0 Å². The van der Waals surface area contributed by atoms with Crippen LogP contribution in [0.1, 0.15) is 47.4 Å². The minimum Gasteiger partial charge on any atom is -0.373 e. The van der Waals surface area contributed by atoms with E-state index in [9.17, 15) is 4.79 Å². The van der Waals surface area contributed by atoms with Gasteiger partial charge in [-0.15, -0.1) is 11.3 Å². The van der Waals surface area contributed by atoms with Crippen LogP contribution in [0.25, 0.3) is 0 Å². The highest BCUT2D eigenvalue weighted by Crippen LogP contribution is 2.40. The normalized spacial score (nSPS) is 14.0. The van der Waals surface area contributed by atoms with Gasteiger partial charge in [-0.1, -0.05) is 6.92 Å². The van der Waals surface area contributed by atoms with Crippen molar-refractivity contribution in [3.05, 3.63) is 34.5 Å². The van der Waals surface area contributed by atoms with Gasteiger partial charge in [-0.25, -0.2) is 9.97 Å². The summed E-state index contributed by atoms with van der Waals surface area (Å²) in [6.45, 7) is 2.02. The molecule has 21 heavy (non-hydrogen) atoms. The van der Waals surface area contributed by atoms with E-state index in [0.717, 1.165) is 17.8 Å². The molecule has 1 aliphatic carbocycles. The summed E-state index contributed by atoms with van der Waals surface area (Å²) in [6.07, 6.45) is 3.22. The van der Waals surface area contributed by atoms with Crippen molar-refractivity contribution in [1.82, 2.24) is 9.97 Å². The predicted octanol–water partition coefficient (Wildman–Crippen LogP) is 3.27. The molecule has 2 heterocycles. The monoisotopic (exact) mass is 302 g/mol. The van der Waals surface area contributed by atoms with E-state index >= 15 is 0 Å². The Hall–Kier alpha value is -1.95. The summed E-state index contributed by atoms with van der Waals surface area (Å²) in [5.41, 5.74) is 2.61. The topological polar surface area (TPSA) is 66.9 Å². The Kier molecular flexibility index (Phi) is 3.88. The van der Waals surface area contributed by atoms with E-state index in [4.69, 9.17) is 0 Å². The molecule has 1 saturated carbocycles. The van der Waals surface area contributed by atoms with E-state index in [0.29, 0.717) is 22.4 Å². The van der Waals surface area contributed by atoms with Crippen LogP contribution in [-0.4, -0.2) is 22.9 Å². The molecular weight excluding hydrogens is 284 g/mol. The molecule has 3 rings (SSSR count). The number of nitrogens with zero attached hydrogens (tertiary/aromatic N) is 2. The van der Waals surface area contributed by atoms with Crippen LogP contribution in [-0.2, 0) is 6.42 Å². The minimum atomic E-state index is -0.139. The number of thiazole rings is 1. The molecule has 5 nitrogen and oxygen atoms in total. The fourth-order valence-corrected chi connectivity index (χ4v) is 2.89. The molecule has 0 aliphatic heterocycles. The number of aromatic nitrogens is 2. The molecule has 0 bridgehead atoms. The van der Waals surface area contributed by atoms with Crippen molar-refractivity contribution in [1.29, 1.82) is 0 Å². The van der Waals surface area contributed by atoms with Gasteiger partial charge in [0.2, 0.25) is 0 Å². The number of carbonyl (C=O) groups excluding carboxylic acids is 1. The summed E-state index contributed by atoms with van der Waals surface area (Å²) in [5.74, 6) is 1.17. The van der Waals surface area contributed by atoms with Crippen LogP contribution in [0.5, 0.6) is 0 Å². The number of amides is 1. The molecule has 6 heteroatoms. The van der Waals surface area contributed by atoms with Crippen LogP contribution in [0.15, 0.2) is 17.5 Å². The van der Waals surface area contributed by atoms with Crippen LogP contribution >= 0.6 is 11.3 Å². The zero-order valence-corrected chi connectivity index (χ0v) is 13.0. The standard InChI is InChI=1S/C15H18N4OS/c1-3-11-6-10(7-13(16-2)17-11)14(20)19-15-18-12(8-21-15)9-4-5-9/h6-9H,3-5H2,1-2H3,(H,16,17)(H,18,19,20). The smallest absolute Gasteiger partial charge is 0.257 e. The predicted molar refractivity (Wildman–Crippen MR) is 85.2 cm³/mol. The number of pyridine rings is 1. The largest absolute Gasteiger partial charge is 0.373 e. The van der Waals surface area contributed by atoms with E-state index in [-0.39, 0.29) is 5.91 Å². The van der Waals surface area contributed by atoms with Gasteiger partial charge in [-0.2, -0.15) is 0 Å². The number of hydrogen-bond acceptors (Lipinski definition) is 5. The molecular formula is C15H18N4OS. The average molecular weight is 302 g/mol. The average Bonchev–Trinajstić information content (AvgIpc) is 3.27. The number of anilines is 2. The highest BCUT2D eigenvalue weighted by atomic mass is 32.1. The Morgan fingerprint density at radius 1 is 1.38 bits per heavy atom. The Bertz CT molecular complexity index is 641. The van der Waals surface area contributed by atoms with Gasteiger partial charge in [0.25, 0.3) is 5.91 Å². The lowest BCUT2D eigenvalue weighted by molar-refractivity contribution is 0.102. The molecule has 1 aliphatic rings. The van der Waals surface area contributed by atoms with Gasteiger partial charge in [0, 0.05) is 29.6 Å². The number of rotatable bonds is 5. The maximum Gasteiger partial charge on any atom is 0.257 e. The van der Waals surface area contributed by atoms with Crippen molar-refractivity contribution in [2.24, 2.45) is 0 Å². The summed E-state index contributed by atoms with van der Waals surface area (Å²) in [4.78, 5) is 21.2. The molecule has 0 atom stereocenters. The third-order valence-electron chi connectivity index (χ3n) is 3.50. The van der Waals surface area contributed by atoms with E-state index in [1.54, 1.807) is 13.1 Å². The fourth-order valence-electron chi connectivity index (χ4n) is 2.11. The molecule has 2 aromatic rings. The molecule has 2 aromatic heterocycles. The van der Waals surface area contributed by atoms with Gasteiger partial charge < -0.3 is 5.32 Å². The van der Waals surface area contributed by atoms with Crippen LogP contribution in [0, 0.1) is 0 Å². The highest BCUT2D eigenvalue weighted by molar-refractivity contribution is 7.14. The van der Waals surface area contributed by atoms with Crippen molar-refractivity contribution >= 4 is 28.2 Å². The molecule has 110 valence electrons. The second kappa shape index (κ2) is 5.81. The second-order valence-electron chi connectivity index (χ2n) is 5.14. The molecule has 0 unspecified atom stereocenters. The maximum absolute atomic E-state index is 12.3. The number of carbonyl (C=O) groups is 1. The number of aryl methyl sites for hydroxylation is 1. The van der Waals surface area contributed by atoms with Gasteiger partial charge in [0.05, 0.1) is 5.69 Å². The quantitative estimate of drug-likeness (QED) is 0.889. The minimum absolute atomic E-state index is 0.139. The number of nitrogens with one attached hydrogen (secondary N) is 2. The first-order valence-electron chi connectivity index (χ1n) is 7.15. The molecule has 0 radical (unpaired) electrons. The van der Waals surface area contributed by atoms with Gasteiger partial charge >= 0.3 is 0 Å². The van der Waals surface area contributed by atoms with Crippen LogP contribution in [0.4, 0.5) is 10.9 Å². The lowest BCUT2D eigenvalue weighted by Gasteiger charge is -2.07. The van der Waals surface area contributed by atoms with E-state index in [2.05, 4.69) is 20.6 Å². The summed E-state index contributed by atoms with van der Waals surface area (Å²) in [5, 5.41) is 8.57. The summed E-state index contributed by atoms with van der Waals surface area (Å²) in [6, 6.07) is 3.58. The zero-order chi connectivity index (χ0) is 14.8. The van der Waals surface area contributed by atoms with Gasteiger partial charge in [-0.05, 0) is 31.4 Å². The first-order chi connectivity index (χ1) is 10.2. The van der Waals surface area contributed by atoms with Crippen LogP contribution in [0.2, 0.25) is 0 Å². The van der Waals surface area contributed by atoms with Crippen molar-refractivity contribution in [3.63, 3.8) is 0 Å². The Morgan fingerprint density at radius 3 is 2.86 bits per heavy atom. The number of hydrogen-bond donors (Lipinski definition) is 2. The third kappa shape index (κ3) is 3.21. The van der Waals surface area contributed by atoms with Gasteiger partial charge in [0.1, 0.15) is 5.82 Å². The summed E-state index contributed by atoms with van der Waals surface area (Å²) >= 11 is 1.49. The Balaban J connectivity index is 1.77. The molecule has 1 fully saturated rings. The lowest BCUT2D eigenvalue weighted by atomic mass is 10.2. The summed E-state index contributed by atoms with van der Waals surface area (Å²) < 4.78 is 0. The first-order valence-corrected chi connectivity index (χ1v) is 8.03. The summed E-state index contributed by atoms with van der Waals surface area (Å²) in [7, 11) is 1.80. The maximum atomic E-state index is 12.3. The first kappa shape index (κ1) is 14.0. The van der Waals surface area contributed by atoms with Crippen molar-refractivity contribution in [2.75, 3.05) is 17.7 Å². The van der Waals surface area contributed by atoms with E-state index in [1.165, 1.54) is 24.2 Å². The van der Waals surface area contributed by atoms with Crippen LogP contribution < -0.4 is 10.6 Å². The Morgan fingerprint density at radius 2 is 2.19 bits per heavy atom. The van der Waals surface area contributed by atoms with Gasteiger partial charge in [0.15, 0.2) is 5.13 Å². The molecule has 0 saturated heterocycles. The van der Waals surface area contributed by atoms with E-state index in [1.807, 2.05) is 18.4 Å².